The van der Waals surface area contributed by atoms with Gasteiger partial charge in [-0.1, -0.05) is 6.92 Å². The van der Waals surface area contributed by atoms with Crippen molar-refractivity contribution in [2.75, 3.05) is 5.32 Å². The lowest BCUT2D eigenvalue weighted by Gasteiger charge is -2.03. The van der Waals surface area contributed by atoms with E-state index in [1.165, 1.54) is 0 Å². The molecule has 0 aliphatic carbocycles. The molecular weight excluding hydrogens is 232 g/mol. The van der Waals surface area contributed by atoms with Gasteiger partial charge in [0, 0.05) is 16.2 Å². The van der Waals surface area contributed by atoms with Crippen molar-refractivity contribution in [2.24, 2.45) is 0 Å². The first-order valence-corrected chi connectivity index (χ1v) is 4.98. The lowest BCUT2D eigenvalue weighted by atomic mass is 10.0. The summed E-state index contributed by atoms with van der Waals surface area (Å²) >= 11 is 3.34. The molecule has 0 fully saturated rings. The van der Waals surface area contributed by atoms with Gasteiger partial charge >= 0.3 is 0 Å². The summed E-state index contributed by atoms with van der Waals surface area (Å²) in [4.78, 5) is 15.5. The number of aromatic nitrogens is 1. The summed E-state index contributed by atoms with van der Waals surface area (Å²) in [6.07, 6.45) is 2.51. The Kier molecular flexibility index (Phi) is 2.07. The van der Waals surface area contributed by atoms with Gasteiger partial charge in [0.05, 0.1) is 5.92 Å². The van der Waals surface area contributed by atoms with Gasteiger partial charge in [-0.3, -0.25) is 4.79 Å². The number of amides is 1. The fraction of sp³-hybridized carbons (Fsp3) is 0.333. The van der Waals surface area contributed by atoms with Crippen molar-refractivity contribution in [1.82, 2.24) is 4.98 Å². The molecule has 1 amide bonds. The van der Waals surface area contributed by atoms with Crippen LogP contribution in [0.5, 0.6) is 0 Å². The molecule has 0 aromatic carbocycles. The number of carbonyl (C=O) groups excluding carboxylic acids is 1. The number of carbonyl (C=O) groups is 1. The van der Waals surface area contributed by atoms with Gasteiger partial charge in [0.2, 0.25) is 5.91 Å². The second-order valence-electron chi connectivity index (χ2n) is 3.04. The summed E-state index contributed by atoms with van der Waals surface area (Å²) in [5.74, 6) is 0.739. The normalized spacial score (nSPS) is 19.8. The maximum absolute atomic E-state index is 11.4. The third-order valence-electron chi connectivity index (χ3n) is 2.23. The molecule has 1 aromatic rings. The predicted molar refractivity (Wildman–Crippen MR) is 53.6 cm³/mol. The lowest BCUT2D eigenvalue weighted by Crippen LogP contribution is -2.10. The zero-order valence-corrected chi connectivity index (χ0v) is 8.76. The quantitative estimate of drug-likeness (QED) is 0.819. The average Bonchev–Trinajstić information content (AvgIpc) is 2.40. The molecule has 1 N–H and O–H groups in total. The summed E-state index contributed by atoms with van der Waals surface area (Å²) in [5, 5.41) is 2.75. The minimum atomic E-state index is -0.0278. The number of pyridine rings is 1. The second-order valence-corrected chi connectivity index (χ2v) is 3.96. The fourth-order valence-corrected chi connectivity index (χ4v) is 1.92. The molecule has 1 atom stereocenters. The van der Waals surface area contributed by atoms with Gasteiger partial charge in [-0.25, -0.2) is 4.98 Å². The molecule has 0 unspecified atom stereocenters. The number of nitrogens with one attached hydrogen (secondary N) is 1. The van der Waals surface area contributed by atoms with Crippen LogP contribution in [0.3, 0.4) is 0 Å². The molecule has 3 nitrogen and oxygen atoms in total. The number of hydrogen-bond acceptors (Lipinski definition) is 2. The fourth-order valence-electron chi connectivity index (χ4n) is 1.58. The van der Waals surface area contributed by atoms with Gasteiger partial charge in [0.25, 0.3) is 0 Å². The summed E-state index contributed by atoms with van der Waals surface area (Å²) in [6.45, 7) is 2.00. The zero-order valence-electron chi connectivity index (χ0n) is 7.17. The highest BCUT2D eigenvalue weighted by atomic mass is 79.9. The Labute approximate surface area is 84.7 Å². The van der Waals surface area contributed by atoms with Gasteiger partial charge in [-0.2, -0.15) is 0 Å². The Morgan fingerprint density at radius 1 is 1.69 bits per heavy atom. The summed E-state index contributed by atoms with van der Waals surface area (Å²) < 4.78 is 0.918. The van der Waals surface area contributed by atoms with Crippen molar-refractivity contribution in [1.29, 1.82) is 0 Å². The van der Waals surface area contributed by atoms with E-state index in [2.05, 4.69) is 26.2 Å². The Bertz CT molecular complexity index is 365. The predicted octanol–water partition coefficient (Wildman–Crippen LogP) is 2.29. The Balaban J connectivity index is 2.50. The molecule has 1 aliphatic heterocycles. The monoisotopic (exact) mass is 240 g/mol. The largest absolute Gasteiger partial charge is 0.310 e. The van der Waals surface area contributed by atoms with E-state index in [4.69, 9.17) is 0 Å². The molecule has 1 aliphatic rings. The second kappa shape index (κ2) is 3.10. The zero-order chi connectivity index (χ0) is 9.42. The smallest absolute Gasteiger partial charge is 0.233 e. The summed E-state index contributed by atoms with van der Waals surface area (Å²) in [6, 6.07) is 1.95. The number of nitrogens with zero attached hydrogens (tertiary/aromatic N) is 1. The van der Waals surface area contributed by atoms with Crippen molar-refractivity contribution in [3.05, 3.63) is 22.3 Å². The third kappa shape index (κ3) is 1.35. The molecule has 0 bridgehead atoms. The molecular formula is C9H9BrN2O. The molecule has 1 aromatic heterocycles. The Morgan fingerprint density at radius 2 is 2.46 bits per heavy atom. The average molecular weight is 241 g/mol. The van der Waals surface area contributed by atoms with Crippen molar-refractivity contribution < 1.29 is 4.79 Å². The van der Waals surface area contributed by atoms with Crippen LogP contribution in [0.4, 0.5) is 5.82 Å². The lowest BCUT2D eigenvalue weighted by molar-refractivity contribution is -0.117. The topological polar surface area (TPSA) is 42.0 Å². The maximum atomic E-state index is 11.4. The molecule has 0 spiro atoms. The van der Waals surface area contributed by atoms with E-state index in [1.54, 1.807) is 6.20 Å². The first-order chi connectivity index (χ1) is 6.22. The molecule has 4 heteroatoms. The van der Waals surface area contributed by atoms with E-state index >= 15 is 0 Å². The Hall–Kier alpha value is -0.900. The van der Waals surface area contributed by atoms with Crippen LogP contribution in [0, 0.1) is 0 Å². The maximum Gasteiger partial charge on any atom is 0.233 e. The van der Waals surface area contributed by atoms with Crippen molar-refractivity contribution in [3.63, 3.8) is 0 Å². The highest BCUT2D eigenvalue weighted by Crippen LogP contribution is 2.34. The van der Waals surface area contributed by atoms with Crippen LogP contribution in [-0.2, 0) is 4.79 Å². The van der Waals surface area contributed by atoms with Crippen LogP contribution >= 0.6 is 15.9 Å². The van der Waals surface area contributed by atoms with Crippen molar-refractivity contribution >= 4 is 27.7 Å². The van der Waals surface area contributed by atoms with Gasteiger partial charge < -0.3 is 5.32 Å². The molecule has 13 heavy (non-hydrogen) atoms. The van der Waals surface area contributed by atoms with Crippen LogP contribution in [0.1, 0.15) is 24.8 Å². The van der Waals surface area contributed by atoms with E-state index in [0.29, 0.717) is 5.82 Å². The standard InChI is InChI=1S/C9H9BrN2O/c1-2-6-7-3-5(10)4-11-8(7)12-9(6)13/h3-4,6H,2H2,1H3,(H,11,12,13)/t6-/m0/s1. The first-order valence-electron chi connectivity index (χ1n) is 4.18. The summed E-state index contributed by atoms with van der Waals surface area (Å²) in [7, 11) is 0. The number of anilines is 1. The molecule has 0 saturated carbocycles. The first kappa shape index (κ1) is 8.69. The van der Waals surface area contributed by atoms with Gasteiger partial charge in [-0.05, 0) is 28.4 Å². The van der Waals surface area contributed by atoms with Crippen LogP contribution in [0.25, 0.3) is 0 Å². The minimum absolute atomic E-state index is 0.0278. The molecule has 68 valence electrons. The third-order valence-corrected chi connectivity index (χ3v) is 2.66. The van der Waals surface area contributed by atoms with Crippen molar-refractivity contribution in [3.8, 4) is 0 Å². The number of halogens is 1. The van der Waals surface area contributed by atoms with E-state index < -0.39 is 0 Å². The SMILES string of the molecule is CC[C@@H]1C(=O)Nc2ncc(Br)cc21. The van der Waals surface area contributed by atoms with Crippen LogP contribution in [0.15, 0.2) is 16.7 Å². The summed E-state index contributed by atoms with van der Waals surface area (Å²) in [5.41, 5.74) is 1.00. The number of hydrogen-bond donors (Lipinski definition) is 1. The molecule has 0 radical (unpaired) electrons. The molecule has 0 saturated heterocycles. The van der Waals surface area contributed by atoms with E-state index in [9.17, 15) is 4.79 Å². The van der Waals surface area contributed by atoms with Gasteiger partial charge in [0.15, 0.2) is 0 Å². The molecule has 2 rings (SSSR count). The highest BCUT2D eigenvalue weighted by Gasteiger charge is 2.29. The van der Waals surface area contributed by atoms with Gasteiger partial charge in [0.1, 0.15) is 5.82 Å². The highest BCUT2D eigenvalue weighted by molar-refractivity contribution is 9.10. The number of fused-ring (bicyclic) bond motifs is 1. The number of rotatable bonds is 1. The molecule has 2 heterocycles. The van der Waals surface area contributed by atoms with Crippen molar-refractivity contribution in [2.45, 2.75) is 19.3 Å². The van der Waals surface area contributed by atoms with E-state index in [-0.39, 0.29) is 11.8 Å². The van der Waals surface area contributed by atoms with E-state index in [1.807, 2.05) is 13.0 Å². The van der Waals surface area contributed by atoms with Gasteiger partial charge in [-0.15, -0.1) is 0 Å². The van der Waals surface area contributed by atoms with Crippen LogP contribution in [-0.4, -0.2) is 10.9 Å². The minimum Gasteiger partial charge on any atom is -0.310 e. The van der Waals surface area contributed by atoms with Crippen LogP contribution in [0.2, 0.25) is 0 Å². The Morgan fingerprint density at radius 3 is 3.15 bits per heavy atom. The van der Waals surface area contributed by atoms with Crippen LogP contribution < -0.4 is 5.32 Å². The van der Waals surface area contributed by atoms with E-state index in [0.717, 1.165) is 16.5 Å².